The zero-order chi connectivity index (χ0) is 12.3. The molecule has 1 aliphatic rings. The van der Waals surface area contributed by atoms with E-state index in [1.807, 2.05) is 19.3 Å². The van der Waals surface area contributed by atoms with Crippen molar-refractivity contribution in [2.75, 3.05) is 7.05 Å². The molecule has 90 valence electrons. The number of likely N-dealkylation sites (N-methyl/N-ethyl adjacent to an activating group) is 1. The van der Waals surface area contributed by atoms with E-state index in [9.17, 15) is 0 Å². The lowest BCUT2D eigenvalue weighted by Crippen LogP contribution is -2.44. The molecule has 0 aliphatic heterocycles. The van der Waals surface area contributed by atoms with Crippen LogP contribution in [0.3, 0.4) is 0 Å². The molecule has 2 rings (SSSR count). The molecule has 3 heteroatoms. The van der Waals surface area contributed by atoms with Crippen LogP contribution in [-0.4, -0.2) is 17.0 Å². The van der Waals surface area contributed by atoms with E-state index in [1.165, 1.54) is 24.0 Å². The second-order valence-corrected chi connectivity index (χ2v) is 4.95. The number of rotatable bonds is 2. The van der Waals surface area contributed by atoms with Crippen LogP contribution in [-0.2, 0) is 5.41 Å². The van der Waals surface area contributed by atoms with E-state index >= 15 is 0 Å². The lowest BCUT2D eigenvalue weighted by molar-refractivity contribution is 0.476. The molecule has 1 fully saturated rings. The summed E-state index contributed by atoms with van der Waals surface area (Å²) in [5.74, 6) is 0. The monoisotopic (exact) mass is 246 g/mol. The number of nitrogens with zero attached hydrogens (tertiary/aromatic N) is 1. The van der Waals surface area contributed by atoms with Gasteiger partial charge in [-0.2, -0.15) is 0 Å². The van der Waals surface area contributed by atoms with Gasteiger partial charge in [0.05, 0.1) is 10.4 Å². The Kier molecular flexibility index (Phi) is 3.57. The topological polar surface area (TPSA) is 24.9 Å². The molecule has 1 aromatic heterocycles. The highest BCUT2D eigenvalue weighted by molar-refractivity contribution is 7.80. The first-order valence-electron chi connectivity index (χ1n) is 6.03. The summed E-state index contributed by atoms with van der Waals surface area (Å²) in [7, 11) is 1.89. The summed E-state index contributed by atoms with van der Waals surface area (Å²) in [6, 6.07) is 4.07. The van der Waals surface area contributed by atoms with Gasteiger partial charge in [-0.15, -0.1) is 0 Å². The largest absolute Gasteiger partial charge is 0.382 e. The maximum Gasteiger partial charge on any atom is 0.0900 e. The highest BCUT2D eigenvalue weighted by atomic mass is 32.1. The normalized spacial score (nSPS) is 24.4. The summed E-state index contributed by atoms with van der Waals surface area (Å²) in [6.45, 7) is 4.26. The van der Waals surface area contributed by atoms with Gasteiger partial charge >= 0.3 is 0 Å². The van der Waals surface area contributed by atoms with Crippen molar-refractivity contribution in [1.29, 1.82) is 0 Å². The van der Waals surface area contributed by atoms with Crippen LogP contribution in [0.1, 0.15) is 31.2 Å². The Morgan fingerprint density at radius 3 is 2.94 bits per heavy atom. The van der Waals surface area contributed by atoms with Crippen LogP contribution in [0, 0.1) is 0 Å². The minimum Gasteiger partial charge on any atom is -0.382 e. The molecule has 0 saturated heterocycles. The van der Waals surface area contributed by atoms with E-state index in [0.29, 0.717) is 0 Å². The molecule has 1 atom stereocenters. The summed E-state index contributed by atoms with van der Waals surface area (Å²) in [6.07, 6.45) is 8.21. The second-order valence-electron chi connectivity index (χ2n) is 4.54. The van der Waals surface area contributed by atoms with Crippen molar-refractivity contribution < 1.29 is 0 Å². The Bertz CT molecular complexity index is 417. The Balaban J connectivity index is 2.50. The zero-order valence-corrected chi connectivity index (χ0v) is 11.0. The summed E-state index contributed by atoms with van der Waals surface area (Å²) in [5.41, 5.74) is 2.19. The summed E-state index contributed by atoms with van der Waals surface area (Å²) < 4.78 is 0. The molecule has 1 saturated carbocycles. The SMILES string of the molecule is C=C1CCCCC1(C(=S)NC)c1cccnc1. The summed E-state index contributed by atoms with van der Waals surface area (Å²) >= 11 is 5.55. The van der Waals surface area contributed by atoms with E-state index in [4.69, 9.17) is 12.2 Å². The zero-order valence-electron chi connectivity index (χ0n) is 10.2. The first kappa shape index (κ1) is 12.2. The smallest absolute Gasteiger partial charge is 0.0900 e. The summed E-state index contributed by atoms with van der Waals surface area (Å²) in [4.78, 5) is 5.10. The number of pyridine rings is 1. The van der Waals surface area contributed by atoms with Crippen molar-refractivity contribution in [3.63, 3.8) is 0 Å². The Hall–Kier alpha value is -1.22. The molecule has 1 N–H and O–H groups in total. The number of thiocarbonyl (C=S) groups is 1. The molecule has 0 radical (unpaired) electrons. The average molecular weight is 246 g/mol. The minimum absolute atomic E-state index is 0.198. The number of hydrogen-bond donors (Lipinski definition) is 1. The van der Waals surface area contributed by atoms with Crippen molar-refractivity contribution in [3.05, 3.63) is 42.2 Å². The Morgan fingerprint density at radius 2 is 2.35 bits per heavy atom. The standard InChI is InChI=1S/C14H18N2S/c1-11-6-3-4-8-14(11,13(17)15-2)12-7-5-9-16-10-12/h5,7,9-10H,1,3-4,6,8H2,2H3,(H,15,17). The van der Waals surface area contributed by atoms with Crippen LogP contribution >= 0.6 is 12.2 Å². The van der Waals surface area contributed by atoms with E-state index in [-0.39, 0.29) is 5.41 Å². The van der Waals surface area contributed by atoms with Gasteiger partial charge in [0, 0.05) is 19.4 Å². The molecule has 0 amide bonds. The molecular formula is C14H18N2S. The Morgan fingerprint density at radius 1 is 1.53 bits per heavy atom. The van der Waals surface area contributed by atoms with Crippen LogP contribution in [0.25, 0.3) is 0 Å². The van der Waals surface area contributed by atoms with Crippen LogP contribution < -0.4 is 5.32 Å². The highest BCUT2D eigenvalue weighted by Gasteiger charge is 2.40. The van der Waals surface area contributed by atoms with Crippen LogP contribution in [0.4, 0.5) is 0 Å². The van der Waals surface area contributed by atoms with Crippen LogP contribution in [0.2, 0.25) is 0 Å². The van der Waals surface area contributed by atoms with Crippen LogP contribution in [0.15, 0.2) is 36.7 Å². The van der Waals surface area contributed by atoms with Crippen molar-refractivity contribution in [2.45, 2.75) is 31.1 Å². The van der Waals surface area contributed by atoms with Gasteiger partial charge in [-0.25, -0.2) is 0 Å². The van der Waals surface area contributed by atoms with Crippen molar-refractivity contribution in [3.8, 4) is 0 Å². The maximum atomic E-state index is 5.55. The quantitative estimate of drug-likeness (QED) is 0.641. The summed E-state index contributed by atoms with van der Waals surface area (Å²) in [5, 5.41) is 3.15. The van der Waals surface area contributed by atoms with Crippen LogP contribution in [0.5, 0.6) is 0 Å². The van der Waals surface area contributed by atoms with Gasteiger partial charge in [0.15, 0.2) is 0 Å². The molecule has 1 aliphatic carbocycles. The van der Waals surface area contributed by atoms with Gasteiger partial charge < -0.3 is 5.32 Å². The molecule has 1 heterocycles. The second kappa shape index (κ2) is 4.96. The number of hydrogen-bond acceptors (Lipinski definition) is 2. The fourth-order valence-corrected chi connectivity index (χ4v) is 3.07. The van der Waals surface area contributed by atoms with Crippen molar-refractivity contribution >= 4 is 17.2 Å². The Labute approximate surface area is 108 Å². The van der Waals surface area contributed by atoms with Crippen molar-refractivity contribution in [2.24, 2.45) is 0 Å². The minimum atomic E-state index is -0.198. The molecule has 1 unspecified atom stereocenters. The third kappa shape index (κ3) is 2.00. The van der Waals surface area contributed by atoms with E-state index in [1.54, 1.807) is 6.20 Å². The van der Waals surface area contributed by atoms with E-state index in [2.05, 4.69) is 22.9 Å². The fraction of sp³-hybridized carbons (Fsp3) is 0.429. The van der Waals surface area contributed by atoms with Gasteiger partial charge in [0.1, 0.15) is 0 Å². The average Bonchev–Trinajstić information content (AvgIpc) is 2.39. The first-order chi connectivity index (χ1) is 8.21. The third-order valence-electron chi connectivity index (χ3n) is 3.65. The molecule has 0 spiro atoms. The maximum absolute atomic E-state index is 5.55. The van der Waals surface area contributed by atoms with Gasteiger partial charge in [0.25, 0.3) is 0 Å². The molecule has 2 nitrogen and oxygen atoms in total. The predicted molar refractivity (Wildman–Crippen MR) is 75.2 cm³/mol. The highest BCUT2D eigenvalue weighted by Crippen LogP contribution is 2.43. The molecule has 0 bridgehead atoms. The van der Waals surface area contributed by atoms with Gasteiger partial charge in [-0.05, 0) is 30.9 Å². The number of nitrogens with one attached hydrogen (secondary N) is 1. The lowest BCUT2D eigenvalue weighted by Gasteiger charge is -2.40. The predicted octanol–water partition coefficient (Wildman–Crippen LogP) is 3.00. The van der Waals surface area contributed by atoms with Gasteiger partial charge in [-0.1, -0.05) is 36.9 Å². The fourth-order valence-electron chi connectivity index (χ4n) is 2.70. The van der Waals surface area contributed by atoms with E-state index < -0.39 is 0 Å². The lowest BCUT2D eigenvalue weighted by atomic mass is 9.67. The third-order valence-corrected chi connectivity index (χ3v) is 4.21. The molecular weight excluding hydrogens is 228 g/mol. The number of aromatic nitrogens is 1. The molecule has 17 heavy (non-hydrogen) atoms. The molecule has 0 aromatic carbocycles. The van der Waals surface area contributed by atoms with Gasteiger partial charge in [-0.3, -0.25) is 4.98 Å². The van der Waals surface area contributed by atoms with E-state index in [0.717, 1.165) is 17.8 Å². The molecule has 1 aromatic rings. The van der Waals surface area contributed by atoms with Gasteiger partial charge in [0.2, 0.25) is 0 Å². The first-order valence-corrected chi connectivity index (χ1v) is 6.43. The van der Waals surface area contributed by atoms with Crippen molar-refractivity contribution in [1.82, 2.24) is 10.3 Å².